The molecule has 0 saturated carbocycles. The van der Waals surface area contributed by atoms with E-state index in [0.717, 1.165) is 5.56 Å². The van der Waals surface area contributed by atoms with Gasteiger partial charge in [-0.05, 0) is 29.7 Å². The van der Waals surface area contributed by atoms with Crippen LogP contribution in [0.15, 0.2) is 90.0 Å². The first-order chi connectivity index (χ1) is 19.8. The molecule has 0 unspecified atom stereocenters. The molecule has 0 saturated heterocycles. The van der Waals surface area contributed by atoms with Crippen molar-refractivity contribution in [3.05, 3.63) is 112 Å². The number of halogens is 1. The fraction of sp³-hybridized carbons (Fsp3) is 0.129. The van der Waals surface area contributed by atoms with E-state index in [1.54, 1.807) is 28.8 Å². The molecule has 0 radical (unpaired) electrons. The van der Waals surface area contributed by atoms with Crippen molar-refractivity contribution in [1.29, 1.82) is 0 Å². The first-order valence-corrected chi connectivity index (χ1v) is 13.2. The summed E-state index contributed by atoms with van der Waals surface area (Å²) >= 11 is 6.25. The van der Waals surface area contributed by atoms with Crippen LogP contribution in [-0.4, -0.2) is 43.2 Å². The molecular weight excluding hydrogens is 544 g/mol. The zero-order valence-corrected chi connectivity index (χ0v) is 22.5. The van der Waals surface area contributed by atoms with Crippen LogP contribution in [0.25, 0.3) is 33.3 Å². The minimum atomic E-state index is -1.08. The molecule has 9 nitrogen and oxygen atoms in total. The maximum Gasteiger partial charge on any atom is 0.305 e. The Morgan fingerprint density at radius 2 is 1.66 bits per heavy atom. The number of hydrogen-bond acceptors (Lipinski definition) is 6. The average molecular weight is 569 g/mol. The van der Waals surface area contributed by atoms with Crippen LogP contribution in [0.5, 0.6) is 5.75 Å². The number of aliphatic carboxylic acids is 1. The molecule has 5 rings (SSSR count). The molecule has 0 aliphatic carbocycles. The molecule has 41 heavy (non-hydrogen) atoms. The Kier molecular flexibility index (Phi) is 8.07. The number of aryl methyl sites for hydroxylation is 2. The molecular formula is C31H25ClN4O5. The second-order valence-electron chi connectivity index (χ2n) is 9.33. The number of amides is 1. The zero-order chi connectivity index (χ0) is 28.9. The largest absolute Gasteiger partial charge is 0.505 e. The first-order valence-electron chi connectivity index (χ1n) is 12.8. The number of benzene rings is 2. The summed E-state index contributed by atoms with van der Waals surface area (Å²) in [6, 6.07) is 21.9. The maximum absolute atomic E-state index is 14.1. The Morgan fingerprint density at radius 1 is 0.951 bits per heavy atom. The topological polar surface area (TPSA) is 134 Å². The van der Waals surface area contributed by atoms with Crippen molar-refractivity contribution in [1.82, 2.24) is 19.9 Å². The summed E-state index contributed by atoms with van der Waals surface area (Å²) in [7, 11) is 0. The second kappa shape index (κ2) is 12.0. The summed E-state index contributed by atoms with van der Waals surface area (Å²) in [5, 5.41) is 23.4. The predicted molar refractivity (Wildman–Crippen MR) is 156 cm³/mol. The number of nitrogens with zero attached hydrogens (tertiary/aromatic N) is 3. The van der Waals surface area contributed by atoms with Gasteiger partial charge in [0, 0.05) is 42.0 Å². The van der Waals surface area contributed by atoms with Crippen molar-refractivity contribution in [2.75, 3.05) is 6.54 Å². The third-order valence-electron chi connectivity index (χ3n) is 6.59. The summed E-state index contributed by atoms with van der Waals surface area (Å²) in [4.78, 5) is 46.8. The number of carbonyl (C=O) groups excluding carboxylic acids is 1. The Morgan fingerprint density at radius 3 is 2.34 bits per heavy atom. The van der Waals surface area contributed by atoms with Crippen molar-refractivity contribution in [2.24, 2.45) is 0 Å². The highest BCUT2D eigenvalue weighted by atomic mass is 35.5. The van der Waals surface area contributed by atoms with E-state index < -0.39 is 17.6 Å². The van der Waals surface area contributed by atoms with Crippen LogP contribution in [0, 0.1) is 0 Å². The molecule has 0 aliphatic rings. The highest BCUT2D eigenvalue weighted by Gasteiger charge is 2.25. The summed E-state index contributed by atoms with van der Waals surface area (Å²) in [5.41, 5.74) is 2.34. The van der Waals surface area contributed by atoms with E-state index in [-0.39, 0.29) is 41.8 Å². The molecule has 0 aliphatic heterocycles. The first kappa shape index (κ1) is 27.5. The number of carboxylic acids is 1. The fourth-order valence-corrected chi connectivity index (χ4v) is 4.81. The van der Waals surface area contributed by atoms with Crippen molar-refractivity contribution in [3.8, 4) is 28.1 Å². The molecule has 3 aromatic heterocycles. The van der Waals surface area contributed by atoms with E-state index in [0.29, 0.717) is 33.7 Å². The van der Waals surface area contributed by atoms with Gasteiger partial charge in [-0.3, -0.25) is 19.4 Å². The number of carbonyl (C=O) groups is 2. The van der Waals surface area contributed by atoms with Crippen LogP contribution in [-0.2, 0) is 17.8 Å². The summed E-state index contributed by atoms with van der Waals surface area (Å²) in [6.07, 6.45) is 3.17. The fourth-order valence-electron chi connectivity index (χ4n) is 4.64. The minimum absolute atomic E-state index is 0.160. The van der Waals surface area contributed by atoms with Gasteiger partial charge >= 0.3 is 5.97 Å². The van der Waals surface area contributed by atoms with Crippen LogP contribution in [0.3, 0.4) is 0 Å². The van der Waals surface area contributed by atoms with Gasteiger partial charge in [0.05, 0.1) is 22.7 Å². The third kappa shape index (κ3) is 5.95. The lowest BCUT2D eigenvalue weighted by atomic mass is 10.0. The second-order valence-corrected chi connectivity index (χ2v) is 9.76. The standard InChI is InChI=1S/C31H25ClN4O5/c32-22-15-21(17-33-18-22)26-28-24(29(39)27(35-26)30(40)34-13-11-25(37)38)16-23(20-9-5-2-6-10-20)31(41)36(28)14-12-19-7-3-1-4-8-19/h1-10,15-18,39H,11-14H2,(H,34,40)(H,37,38). The van der Waals surface area contributed by atoms with Gasteiger partial charge in [0.1, 0.15) is 0 Å². The van der Waals surface area contributed by atoms with Gasteiger partial charge in [-0.15, -0.1) is 0 Å². The molecule has 0 spiro atoms. The van der Waals surface area contributed by atoms with E-state index in [9.17, 15) is 19.5 Å². The molecule has 0 atom stereocenters. The minimum Gasteiger partial charge on any atom is -0.505 e. The lowest BCUT2D eigenvalue weighted by Gasteiger charge is -2.19. The highest BCUT2D eigenvalue weighted by molar-refractivity contribution is 6.30. The Hall–Kier alpha value is -5.02. The average Bonchev–Trinajstić information content (AvgIpc) is 2.97. The van der Waals surface area contributed by atoms with Crippen LogP contribution in [0.1, 0.15) is 22.5 Å². The normalized spacial score (nSPS) is 11.0. The van der Waals surface area contributed by atoms with E-state index in [4.69, 9.17) is 16.7 Å². The Balaban J connectivity index is 1.79. The third-order valence-corrected chi connectivity index (χ3v) is 6.79. The maximum atomic E-state index is 14.1. The van der Waals surface area contributed by atoms with Crippen molar-refractivity contribution >= 4 is 34.4 Å². The molecule has 0 bridgehead atoms. The molecule has 10 heteroatoms. The highest BCUT2D eigenvalue weighted by Crippen LogP contribution is 2.36. The zero-order valence-electron chi connectivity index (χ0n) is 21.8. The van der Waals surface area contributed by atoms with Crippen LogP contribution in [0.4, 0.5) is 0 Å². The lowest BCUT2D eigenvalue weighted by molar-refractivity contribution is -0.136. The van der Waals surface area contributed by atoms with Gasteiger partial charge in [0.2, 0.25) is 0 Å². The van der Waals surface area contributed by atoms with Gasteiger partial charge in [-0.25, -0.2) is 4.98 Å². The predicted octanol–water partition coefficient (Wildman–Crippen LogP) is 4.93. The number of carboxylic acid groups (broad SMARTS) is 1. The van der Waals surface area contributed by atoms with Gasteiger partial charge in [-0.2, -0.15) is 0 Å². The van der Waals surface area contributed by atoms with E-state index in [1.165, 1.54) is 12.4 Å². The van der Waals surface area contributed by atoms with Crippen LogP contribution < -0.4 is 10.9 Å². The van der Waals surface area contributed by atoms with Crippen LogP contribution in [0.2, 0.25) is 5.02 Å². The molecule has 3 N–H and O–H groups in total. The SMILES string of the molecule is O=C(O)CCNC(=O)c1nc(-c2cncc(Cl)c2)c2c(cc(-c3ccccc3)c(=O)n2CCc2ccccc2)c1O. The van der Waals surface area contributed by atoms with Gasteiger partial charge in [-0.1, -0.05) is 72.3 Å². The molecule has 5 aromatic rings. The number of fused-ring (bicyclic) bond motifs is 1. The summed E-state index contributed by atoms with van der Waals surface area (Å²) in [5.74, 6) is -2.27. The molecule has 1 amide bonds. The van der Waals surface area contributed by atoms with E-state index >= 15 is 0 Å². The van der Waals surface area contributed by atoms with Gasteiger partial charge in [0.15, 0.2) is 11.4 Å². The Labute approximate surface area is 239 Å². The monoisotopic (exact) mass is 568 g/mol. The van der Waals surface area contributed by atoms with Crippen molar-refractivity contribution < 1.29 is 19.8 Å². The van der Waals surface area contributed by atoms with E-state index in [1.807, 2.05) is 48.5 Å². The number of hydrogen-bond donors (Lipinski definition) is 3. The van der Waals surface area contributed by atoms with Crippen molar-refractivity contribution in [2.45, 2.75) is 19.4 Å². The van der Waals surface area contributed by atoms with Gasteiger partial charge in [0.25, 0.3) is 11.5 Å². The van der Waals surface area contributed by atoms with E-state index in [2.05, 4.69) is 15.3 Å². The number of pyridine rings is 3. The number of aromatic nitrogens is 3. The quantitative estimate of drug-likeness (QED) is 0.229. The Bertz CT molecular complexity index is 1810. The number of aromatic hydroxyl groups is 1. The molecule has 3 heterocycles. The van der Waals surface area contributed by atoms with Crippen LogP contribution >= 0.6 is 11.6 Å². The number of rotatable bonds is 9. The smallest absolute Gasteiger partial charge is 0.305 e. The number of nitrogens with one attached hydrogen (secondary N) is 1. The summed E-state index contributed by atoms with van der Waals surface area (Å²) < 4.78 is 1.56. The molecule has 2 aromatic carbocycles. The lowest BCUT2D eigenvalue weighted by Crippen LogP contribution is -2.28. The molecule has 206 valence electrons. The van der Waals surface area contributed by atoms with Gasteiger partial charge < -0.3 is 20.1 Å². The van der Waals surface area contributed by atoms with Crippen molar-refractivity contribution in [3.63, 3.8) is 0 Å². The summed E-state index contributed by atoms with van der Waals surface area (Å²) in [6.45, 7) is 0.0967. The molecule has 0 fully saturated rings.